The first-order valence-electron chi connectivity index (χ1n) is 6.84. The zero-order valence-corrected chi connectivity index (χ0v) is 11.1. The highest BCUT2D eigenvalue weighted by molar-refractivity contribution is 5.83. The standard InChI is InChI=1S/C13H25N3O/c1-11(9-16-7-3-4-8-16)15-12(17)13(2)5-6-14-10-13/h11,14H,3-10H2,1-2H3,(H,15,17). The molecule has 4 nitrogen and oxygen atoms in total. The van der Waals surface area contributed by atoms with Crippen LogP contribution < -0.4 is 10.6 Å². The maximum atomic E-state index is 12.2. The molecule has 0 aromatic rings. The highest BCUT2D eigenvalue weighted by Gasteiger charge is 2.36. The lowest BCUT2D eigenvalue weighted by molar-refractivity contribution is -0.130. The Hall–Kier alpha value is -0.610. The minimum absolute atomic E-state index is 0.195. The van der Waals surface area contributed by atoms with Crippen LogP contribution in [0, 0.1) is 5.41 Å². The van der Waals surface area contributed by atoms with Gasteiger partial charge in [-0.05, 0) is 52.7 Å². The molecule has 0 bridgehead atoms. The molecule has 2 N–H and O–H groups in total. The van der Waals surface area contributed by atoms with Gasteiger partial charge in [-0.2, -0.15) is 0 Å². The predicted octanol–water partition coefficient (Wildman–Crippen LogP) is 0.587. The summed E-state index contributed by atoms with van der Waals surface area (Å²) in [5, 5.41) is 6.44. The second-order valence-corrected chi connectivity index (χ2v) is 5.87. The number of carbonyl (C=O) groups is 1. The van der Waals surface area contributed by atoms with E-state index >= 15 is 0 Å². The van der Waals surface area contributed by atoms with Crippen molar-refractivity contribution in [1.29, 1.82) is 0 Å². The molecule has 2 atom stereocenters. The Morgan fingerprint density at radius 2 is 2.18 bits per heavy atom. The molecule has 0 saturated carbocycles. The van der Waals surface area contributed by atoms with Gasteiger partial charge in [0.15, 0.2) is 0 Å². The Morgan fingerprint density at radius 3 is 2.76 bits per heavy atom. The van der Waals surface area contributed by atoms with Gasteiger partial charge in [0.1, 0.15) is 0 Å². The Bertz CT molecular complexity index is 268. The summed E-state index contributed by atoms with van der Waals surface area (Å²) >= 11 is 0. The molecule has 0 radical (unpaired) electrons. The van der Waals surface area contributed by atoms with Crippen LogP contribution in [0.25, 0.3) is 0 Å². The Labute approximate surface area is 104 Å². The van der Waals surface area contributed by atoms with E-state index in [4.69, 9.17) is 0 Å². The van der Waals surface area contributed by atoms with Crippen LogP contribution in [0.2, 0.25) is 0 Å². The largest absolute Gasteiger partial charge is 0.352 e. The molecule has 0 aliphatic carbocycles. The third-order valence-corrected chi connectivity index (χ3v) is 4.03. The molecule has 2 aliphatic rings. The van der Waals surface area contributed by atoms with Crippen molar-refractivity contribution in [2.24, 2.45) is 5.41 Å². The first-order chi connectivity index (χ1) is 8.10. The highest BCUT2D eigenvalue weighted by Crippen LogP contribution is 2.24. The van der Waals surface area contributed by atoms with Crippen LogP contribution in [0.15, 0.2) is 0 Å². The molecular weight excluding hydrogens is 214 g/mol. The number of carbonyl (C=O) groups excluding carboxylic acids is 1. The number of hydrogen-bond donors (Lipinski definition) is 2. The van der Waals surface area contributed by atoms with Crippen molar-refractivity contribution in [2.75, 3.05) is 32.7 Å². The summed E-state index contributed by atoms with van der Waals surface area (Å²) in [4.78, 5) is 14.6. The van der Waals surface area contributed by atoms with Crippen LogP contribution in [0.1, 0.15) is 33.1 Å². The van der Waals surface area contributed by atoms with Gasteiger partial charge in [-0.25, -0.2) is 0 Å². The van der Waals surface area contributed by atoms with Crippen LogP contribution in [-0.4, -0.2) is 49.6 Å². The van der Waals surface area contributed by atoms with Crippen molar-refractivity contribution < 1.29 is 4.79 Å². The van der Waals surface area contributed by atoms with Gasteiger partial charge in [-0.15, -0.1) is 0 Å². The van der Waals surface area contributed by atoms with Crippen LogP contribution in [0.5, 0.6) is 0 Å². The fourth-order valence-electron chi connectivity index (χ4n) is 2.81. The molecule has 0 aromatic carbocycles. The van der Waals surface area contributed by atoms with Gasteiger partial charge in [-0.1, -0.05) is 0 Å². The van der Waals surface area contributed by atoms with Gasteiger partial charge in [0.2, 0.25) is 5.91 Å². The molecule has 2 unspecified atom stereocenters. The number of nitrogens with one attached hydrogen (secondary N) is 2. The second kappa shape index (κ2) is 5.36. The van der Waals surface area contributed by atoms with Crippen molar-refractivity contribution in [1.82, 2.24) is 15.5 Å². The Morgan fingerprint density at radius 1 is 1.47 bits per heavy atom. The van der Waals surface area contributed by atoms with E-state index in [1.807, 2.05) is 0 Å². The van der Waals surface area contributed by atoms with E-state index in [2.05, 4.69) is 29.4 Å². The summed E-state index contributed by atoms with van der Waals surface area (Å²) in [5.74, 6) is 0.217. The van der Waals surface area contributed by atoms with E-state index in [0.717, 1.165) is 26.1 Å². The average Bonchev–Trinajstić information content (AvgIpc) is 2.90. The molecular formula is C13H25N3O. The fourth-order valence-corrected chi connectivity index (χ4v) is 2.81. The summed E-state index contributed by atoms with van der Waals surface area (Å²) in [6, 6.07) is 0.262. The van der Waals surface area contributed by atoms with E-state index in [9.17, 15) is 4.79 Å². The molecule has 0 spiro atoms. The lowest BCUT2D eigenvalue weighted by atomic mass is 9.88. The molecule has 2 fully saturated rings. The third-order valence-electron chi connectivity index (χ3n) is 4.03. The number of rotatable bonds is 4. The van der Waals surface area contributed by atoms with E-state index in [1.165, 1.54) is 25.9 Å². The first kappa shape index (κ1) is 12.8. The van der Waals surface area contributed by atoms with E-state index in [1.54, 1.807) is 0 Å². The molecule has 2 saturated heterocycles. The third kappa shape index (κ3) is 3.19. The molecule has 2 heterocycles. The summed E-state index contributed by atoms with van der Waals surface area (Å²) in [5.41, 5.74) is -0.195. The van der Waals surface area contributed by atoms with Crippen molar-refractivity contribution in [2.45, 2.75) is 39.2 Å². The van der Waals surface area contributed by atoms with Crippen LogP contribution >= 0.6 is 0 Å². The van der Waals surface area contributed by atoms with Gasteiger partial charge < -0.3 is 15.5 Å². The molecule has 2 rings (SSSR count). The number of likely N-dealkylation sites (tertiary alicyclic amines) is 1. The van der Waals surface area contributed by atoms with Gasteiger partial charge in [0, 0.05) is 19.1 Å². The first-order valence-corrected chi connectivity index (χ1v) is 6.84. The van der Waals surface area contributed by atoms with Gasteiger partial charge >= 0.3 is 0 Å². The zero-order valence-electron chi connectivity index (χ0n) is 11.1. The molecule has 0 aromatic heterocycles. The molecule has 98 valence electrons. The summed E-state index contributed by atoms with van der Waals surface area (Å²) < 4.78 is 0. The fraction of sp³-hybridized carbons (Fsp3) is 0.923. The lowest BCUT2D eigenvalue weighted by Crippen LogP contribution is -2.47. The Kier molecular flexibility index (Phi) is 4.05. The van der Waals surface area contributed by atoms with Crippen LogP contribution in [-0.2, 0) is 4.79 Å². The summed E-state index contributed by atoms with van der Waals surface area (Å²) in [6.45, 7) is 9.33. The number of amides is 1. The summed E-state index contributed by atoms with van der Waals surface area (Å²) in [6.07, 6.45) is 3.57. The minimum atomic E-state index is -0.195. The molecule has 4 heteroatoms. The maximum Gasteiger partial charge on any atom is 0.227 e. The van der Waals surface area contributed by atoms with E-state index in [-0.39, 0.29) is 17.4 Å². The molecule has 17 heavy (non-hydrogen) atoms. The lowest BCUT2D eigenvalue weighted by Gasteiger charge is -2.26. The number of hydrogen-bond acceptors (Lipinski definition) is 3. The SMILES string of the molecule is CC(CN1CCCC1)NC(=O)C1(C)CCNC1. The maximum absolute atomic E-state index is 12.2. The quantitative estimate of drug-likeness (QED) is 0.754. The van der Waals surface area contributed by atoms with Crippen molar-refractivity contribution >= 4 is 5.91 Å². The van der Waals surface area contributed by atoms with Crippen molar-refractivity contribution in [3.05, 3.63) is 0 Å². The van der Waals surface area contributed by atoms with E-state index < -0.39 is 0 Å². The van der Waals surface area contributed by atoms with Crippen LogP contribution in [0.3, 0.4) is 0 Å². The highest BCUT2D eigenvalue weighted by atomic mass is 16.2. The summed E-state index contributed by atoms with van der Waals surface area (Å²) in [7, 11) is 0. The van der Waals surface area contributed by atoms with Gasteiger partial charge in [0.05, 0.1) is 5.41 Å². The zero-order chi connectivity index (χ0) is 12.3. The smallest absolute Gasteiger partial charge is 0.227 e. The normalized spacial score (nSPS) is 31.6. The monoisotopic (exact) mass is 239 g/mol. The van der Waals surface area contributed by atoms with Crippen molar-refractivity contribution in [3.8, 4) is 0 Å². The van der Waals surface area contributed by atoms with Gasteiger partial charge in [-0.3, -0.25) is 4.79 Å². The average molecular weight is 239 g/mol. The van der Waals surface area contributed by atoms with Crippen LogP contribution in [0.4, 0.5) is 0 Å². The van der Waals surface area contributed by atoms with Gasteiger partial charge in [0.25, 0.3) is 0 Å². The molecule has 1 amide bonds. The number of nitrogens with zero attached hydrogens (tertiary/aromatic N) is 1. The van der Waals surface area contributed by atoms with E-state index in [0.29, 0.717) is 0 Å². The second-order valence-electron chi connectivity index (χ2n) is 5.87. The topological polar surface area (TPSA) is 44.4 Å². The Balaban J connectivity index is 1.77. The van der Waals surface area contributed by atoms with Crippen molar-refractivity contribution in [3.63, 3.8) is 0 Å². The minimum Gasteiger partial charge on any atom is -0.352 e. The predicted molar refractivity (Wildman–Crippen MR) is 68.9 cm³/mol. The molecule has 2 aliphatic heterocycles.